The first-order valence-corrected chi connectivity index (χ1v) is 12.7. The van der Waals surface area contributed by atoms with E-state index in [1.54, 1.807) is 12.1 Å². The highest BCUT2D eigenvalue weighted by molar-refractivity contribution is 7.91. The Kier molecular flexibility index (Phi) is 6.63. The molecule has 6 nitrogen and oxygen atoms in total. The zero-order chi connectivity index (χ0) is 23.6. The quantitative estimate of drug-likeness (QED) is 0.574. The highest BCUT2D eigenvalue weighted by Gasteiger charge is 2.28. The molecule has 0 saturated carbocycles. The summed E-state index contributed by atoms with van der Waals surface area (Å²) < 4.78 is 53.6. The van der Waals surface area contributed by atoms with Gasteiger partial charge in [0.15, 0.2) is 9.84 Å². The molecule has 0 saturated heterocycles. The Balaban J connectivity index is 1.69. The molecule has 0 bridgehead atoms. The molecule has 0 spiro atoms. The third-order valence-corrected chi connectivity index (χ3v) is 7.93. The van der Waals surface area contributed by atoms with E-state index in [0.717, 1.165) is 17.5 Å². The predicted octanol–water partition coefficient (Wildman–Crippen LogP) is 4.23. The topological polar surface area (TPSA) is 98.0 Å². The Morgan fingerprint density at radius 1 is 1.15 bits per heavy atom. The van der Waals surface area contributed by atoms with Crippen molar-refractivity contribution in [2.75, 3.05) is 24.2 Å². The van der Waals surface area contributed by atoms with Crippen LogP contribution in [0.25, 0.3) is 10.9 Å². The number of rotatable bonds is 5. The smallest absolute Gasteiger partial charge is 0.276 e. The third kappa shape index (κ3) is 5.30. The van der Waals surface area contributed by atoms with Crippen molar-refractivity contribution in [2.45, 2.75) is 49.3 Å². The summed E-state index contributed by atoms with van der Waals surface area (Å²) in [5, 5.41) is 3.40. The second-order valence-corrected chi connectivity index (χ2v) is 10.7. The summed E-state index contributed by atoms with van der Waals surface area (Å²) >= 11 is 0. The first-order valence-electron chi connectivity index (χ1n) is 11.1. The first kappa shape index (κ1) is 23.5. The predicted molar refractivity (Wildman–Crippen MR) is 126 cm³/mol. The van der Waals surface area contributed by atoms with E-state index in [-0.39, 0.29) is 11.7 Å². The van der Waals surface area contributed by atoms with E-state index in [1.807, 2.05) is 37.3 Å². The molecule has 33 heavy (non-hydrogen) atoms. The van der Waals surface area contributed by atoms with Crippen LogP contribution in [0.15, 0.2) is 47.4 Å². The summed E-state index contributed by atoms with van der Waals surface area (Å²) in [7, 11) is -3.44. The number of fused-ring (bicyclic) bond motifs is 2. The van der Waals surface area contributed by atoms with Crippen LogP contribution < -0.4 is 11.1 Å². The Morgan fingerprint density at radius 3 is 2.73 bits per heavy atom. The van der Waals surface area contributed by atoms with Crippen molar-refractivity contribution in [3.63, 3.8) is 0 Å². The molecule has 1 aromatic heterocycles. The van der Waals surface area contributed by atoms with Crippen molar-refractivity contribution in [1.29, 1.82) is 0 Å². The second-order valence-electron chi connectivity index (χ2n) is 8.67. The zero-order valence-electron chi connectivity index (χ0n) is 18.5. The number of benzene rings is 2. The SMILES string of the molecule is Cc1ccc2nc(C3CCCc4ccccc4S(=O)(=O)CC3)nc(NCC(F)(F)CN)c2c1. The van der Waals surface area contributed by atoms with Crippen molar-refractivity contribution in [2.24, 2.45) is 5.73 Å². The number of hydrogen-bond donors (Lipinski definition) is 2. The Hall–Kier alpha value is -2.65. The van der Waals surface area contributed by atoms with E-state index >= 15 is 0 Å². The minimum Gasteiger partial charge on any atom is -0.363 e. The second kappa shape index (κ2) is 9.30. The van der Waals surface area contributed by atoms with Crippen LogP contribution in [0.2, 0.25) is 0 Å². The van der Waals surface area contributed by atoms with Crippen LogP contribution in [-0.4, -0.2) is 43.2 Å². The molecule has 9 heteroatoms. The van der Waals surface area contributed by atoms with Gasteiger partial charge in [0.05, 0.1) is 29.3 Å². The molecular weight excluding hydrogens is 446 g/mol. The molecule has 3 aromatic rings. The summed E-state index contributed by atoms with van der Waals surface area (Å²) in [6, 6.07) is 12.7. The average Bonchev–Trinajstić information content (AvgIpc) is 2.85. The number of anilines is 1. The largest absolute Gasteiger partial charge is 0.363 e. The van der Waals surface area contributed by atoms with E-state index in [4.69, 9.17) is 10.7 Å². The Labute approximate surface area is 192 Å². The van der Waals surface area contributed by atoms with Crippen LogP contribution in [0.5, 0.6) is 0 Å². The summed E-state index contributed by atoms with van der Waals surface area (Å²) in [6.07, 6.45) is 2.50. The van der Waals surface area contributed by atoms with E-state index in [0.29, 0.717) is 46.7 Å². The van der Waals surface area contributed by atoms with Crippen molar-refractivity contribution in [3.8, 4) is 0 Å². The highest BCUT2D eigenvalue weighted by Crippen LogP contribution is 2.32. The van der Waals surface area contributed by atoms with Gasteiger partial charge in [0.25, 0.3) is 5.92 Å². The molecule has 4 rings (SSSR count). The fourth-order valence-corrected chi connectivity index (χ4v) is 5.90. The maximum atomic E-state index is 13.8. The van der Waals surface area contributed by atoms with Crippen molar-refractivity contribution >= 4 is 26.6 Å². The molecular formula is C24H28F2N4O2S. The maximum absolute atomic E-state index is 13.8. The molecule has 2 aromatic carbocycles. The molecule has 2 heterocycles. The normalized spacial score (nSPS) is 18.7. The summed E-state index contributed by atoms with van der Waals surface area (Å²) in [6.45, 7) is 0.500. The highest BCUT2D eigenvalue weighted by atomic mass is 32.2. The van der Waals surface area contributed by atoms with Gasteiger partial charge in [0.1, 0.15) is 11.6 Å². The lowest BCUT2D eigenvalue weighted by molar-refractivity contribution is 0.0253. The number of nitrogens with two attached hydrogens (primary N) is 1. The number of nitrogens with one attached hydrogen (secondary N) is 1. The fraction of sp³-hybridized carbons (Fsp3) is 0.417. The van der Waals surface area contributed by atoms with Gasteiger partial charge in [-0.2, -0.15) is 0 Å². The van der Waals surface area contributed by atoms with Gasteiger partial charge in [-0.1, -0.05) is 29.8 Å². The maximum Gasteiger partial charge on any atom is 0.276 e. The van der Waals surface area contributed by atoms with Crippen LogP contribution in [0, 0.1) is 6.92 Å². The fourth-order valence-electron chi connectivity index (χ4n) is 4.23. The lowest BCUT2D eigenvalue weighted by Gasteiger charge is -2.19. The van der Waals surface area contributed by atoms with E-state index in [9.17, 15) is 17.2 Å². The zero-order valence-corrected chi connectivity index (χ0v) is 19.3. The molecule has 1 atom stereocenters. The van der Waals surface area contributed by atoms with Crippen LogP contribution >= 0.6 is 0 Å². The first-order chi connectivity index (χ1) is 15.7. The molecule has 0 radical (unpaired) electrons. The molecule has 3 N–H and O–H groups in total. The molecule has 0 fully saturated rings. The standard InChI is InChI=1S/C24H28F2N4O2S/c1-16-9-10-20-19(13-16)23(28-15-24(25,26)14-27)30-22(29-20)18-7-4-6-17-5-2-3-8-21(17)33(31,32)12-11-18/h2-3,5,8-10,13,18H,4,6-7,11-12,14-15,27H2,1H3,(H,28,29,30). The molecule has 0 amide bonds. The average molecular weight is 475 g/mol. The number of alkyl halides is 2. The Bertz CT molecular complexity index is 1260. The van der Waals surface area contributed by atoms with Gasteiger partial charge >= 0.3 is 0 Å². The van der Waals surface area contributed by atoms with Gasteiger partial charge in [0, 0.05) is 11.3 Å². The molecule has 0 aliphatic carbocycles. The molecule has 176 valence electrons. The minimum absolute atomic E-state index is 0.0159. The van der Waals surface area contributed by atoms with Gasteiger partial charge in [-0.15, -0.1) is 0 Å². The number of nitrogens with zero attached hydrogens (tertiary/aromatic N) is 2. The minimum atomic E-state index is -3.44. The van der Waals surface area contributed by atoms with Crippen LogP contribution in [0.3, 0.4) is 0 Å². The molecule has 1 aliphatic rings. The van der Waals surface area contributed by atoms with Crippen molar-refractivity contribution < 1.29 is 17.2 Å². The van der Waals surface area contributed by atoms with Crippen LogP contribution in [-0.2, 0) is 16.3 Å². The number of aromatic nitrogens is 2. The summed E-state index contributed by atoms with van der Waals surface area (Å²) in [4.78, 5) is 9.71. The van der Waals surface area contributed by atoms with E-state index in [1.165, 1.54) is 0 Å². The molecule has 1 unspecified atom stereocenters. The number of hydrogen-bond acceptors (Lipinski definition) is 6. The van der Waals surface area contributed by atoms with Crippen molar-refractivity contribution in [3.05, 3.63) is 59.4 Å². The number of halogens is 2. The number of sulfone groups is 1. The van der Waals surface area contributed by atoms with Crippen molar-refractivity contribution in [1.82, 2.24) is 9.97 Å². The monoisotopic (exact) mass is 474 g/mol. The van der Waals surface area contributed by atoms with Gasteiger partial charge < -0.3 is 11.1 Å². The lowest BCUT2D eigenvalue weighted by atomic mass is 9.96. The summed E-state index contributed by atoms with van der Waals surface area (Å²) in [5.41, 5.74) is 7.61. The van der Waals surface area contributed by atoms with E-state index in [2.05, 4.69) is 10.3 Å². The van der Waals surface area contributed by atoms with Gasteiger partial charge in [-0.25, -0.2) is 27.2 Å². The molecule has 1 aliphatic heterocycles. The van der Waals surface area contributed by atoms with Gasteiger partial charge in [0.2, 0.25) is 0 Å². The Morgan fingerprint density at radius 2 is 1.94 bits per heavy atom. The number of aryl methyl sites for hydroxylation is 2. The lowest BCUT2D eigenvalue weighted by Crippen LogP contribution is -2.35. The van der Waals surface area contributed by atoms with Crippen LogP contribution in [0.4, 0.5) is 14.6 Å². The van der Waals surface area contributed by atoms with Gasteiger partial charge in [-0.3, -0.25) is 0 Å². The van der Waals surface area contributed by atoms with Crippen LogP contribution in [0.1, 0.15) is 42.1 Å². The van der Waals surface area contributed by atoms with E-state index < -0.39 is 28.8 Å². The third-order valence-electron chi connectivity index (χ3n) is 6.09. The summed E-state index contributed by atoms with van der Waals surface area (Å²) in [5.74, 6) is -2.49. The van der Waals surface area contributed by atoms with Gasteiger partial charge in [-0.05, 0) is 56.4 Å².